The molecule has 2 rings (SSSR count). The zero-order valence-corrected chi connectivity index (χ0v) is 7.73. The van der Waals surface area contributed by atoms with Gasteiger partial charge in [-0.2, -0.15) is 13.2 Å². The summed E-state index contributed by atoms with van der Waals surface area (Å²) in [6, 6.07) is 0. The Morgan fingerprint density at radius 1 is 1.67 bits per heavy atom. The van der Waals surface area contributed by atoms with E-state index in [0.717, 1.165) is 6.21 Å². The van der Waals surface area contributed by atoms with E-state index in [9.17, 15) is 13.6 Å². The number of hydroxylamine groups is 1. The van der Waals surface area contributed by atoms with Crippen molar-refractivity contribution in [3.05, 3.63) is 16.5 Å². The molecule has 0 aromatic carbocycles. The predicted octanol–water partition coefficient (Wildman–Crippen LogP) is -0.683. The molecule has 0 amide bonds. The number of nitrogens with zero attached hydrogens (tertiary/aromatic N) is 2. The Bertz CT molecular complexity index is 463. The van der Waals surface area contributed by atoms with Gasteiger partial charge in [0.15, 0.2) is 6.21 Å². The average Bonchev–Trinajstić information content (AvgIpc) is 2.38. The molecule has 0 fully saturated rings. The second kappa shape index (κ2) is 3.63. The third-order valence-corrected chi connectivity index (χ3v) is 2.94. The summed E-state index contributed by atoms with van der Waals surface area (Å²) >= 11 is 0. The van der Waals surface area contributed by atoms with Gasteiger partial charge in [-0.25, -0.2) is 0 Å². The fourth-order valence-corrected chi connectivity index (χ4v) is 2.23. The van der Waals surface area contributed by atoms with Crippen LogP contribution in [0.3, 0.4) is 0 Å². The number of rotatable bonds is 1. The molecule has 0 aromatic rings. The minimum Gasteiger partial charge on any atom is -0.622 e. The number of hydrogen-bond donors (Lipinski definition) is 2. The highest BCUT2D eigenvalue weighted by Gasteiger charge is 2.42. The fraction of sp³-hybridized carbons (Fsp3) is 0.429. The first-order chi connectivity index (χ1) is 6.50. The van der Waals surface area contributed by atoms with Gasteiger partial charge in [0.1, 0.15) is 12.4 Å². The van der Waals surface area contributed by atoms with Crippen molar-refractivity contribution in [2.45, 2.75) is 12.8 Å². The van der Waals surface area contributed by atoms with Crippen LogP contribution in [0.15, 0.2) is 16.3 Å². The lowest BCUT2D eigenvalue weighted by molar-refractivity contribution is -0.457. The fourth-order valence-electron chi connectivity index (χ4n) is 1.39. The molecule has 2 heterocycles. The van der Waals surface area contributed by atoms with E-state index in [1.165, 1.54) is 6.21 Å². The predicted molar refractivity (Wildman–Crippen MR) is 55.3 cm³/mol. The lowest BCUT2D eigenvalue weighted by Gasteiger charge is -2.14. The molecule has 0 aromatic heterocycles. The smallest absolute Gasteiger partial charge is 0.336 e. The van der Waals surface area contributed by atoms with E-state index in [4.69, 9.17) is 4.55 Å². The summed E-state index contributed by atoms with van der Waals surface area (Å²) in [6.07, 6.45) is 2.46. The molecule has 0 saturated heterocycles. The highest BCUT2D eigenvalue weighted by molar-refractivity contribution is 7.86. The molecule has 2 aliphatic heterocycles. The van der Waals surface area contributed by atoms with E-state index in [0.29, 0.717) is 5.57 Å². The van der Waals surface area contributed by atoms with Crippen LogP contribution >= 0.6 is 0 Å². The van der Waals surface area contributed by atoms with E-state index in [-0.39, 0.29) is 24.5 Å². The monoisotopic (exact) mass is 233 g/mol. The first-order valence-electron chi connectivity index (χ1n) is 3.74. The molecule has 0 radical (unpaired) electrons. The molecular weight excluding hydrogens is 222 g/mol. The van der Waals surface area contributed by atoms with E-state index >= 15 is 0 Å². The third-order valence-electron chi connectivity index (χ3n) is 1.93. The minimum atomic E-state index is -4.42. The molecule has 0 aliphatic carbocycles. The first kappa shape index (κ1) is 11.7. The van der Waals surface area contributed by atoms with Gasteiger partial charge in [-0.1, -0.05) is 7.43 Å². The number of hydrogen-bond acceptors (Lipinski definition) is 5. The lowest BCUT2D eigenvalue weighted by atomic mass is 10.2. The van der Waals surface area contributed by atoms with E-state index in [1.54, 1.807) is 0 Å². The molecular formula is C7H11N3O4S. The Labute approximate surface area is 87.2 Å². The Balaban J connectivity index is 0.00000112. The van der Waals surface area contributed by atoms with Crippen molar-refractivity contribution >= 4 is 22.5 Å². The van der Waals surface area contributed by atoms with Gasteiger partial charge in [-0.15, -0.1) is 0 Å². The van der Waals surface area contributed by atoms with E-state index < -0.39 is 15.5 Å². The third kappa shape index (κ3) is 1.85. The summed E-state index contributed by atoms with van der Waals surface area (Å²) < 4.78 is 30.8. The second-order valence-electron chi connectivity index (χ2n) is 2.87. The molecule has 0 bridgehead atoms. The zero-order valence-electron chi connectivity index (χ0n) is 6.91. The standard InChI is InChI=1S/C6H7N3O4S.CH4/c10-9-2-4-1-7-3-8-5(4)6(9)14(11,12)13;/h1-2,6,8H,3H2,(H,11,12,13);1H4. The Morgan fingerprint density at radius 3 is 2.93 bits per heavy atom. The highest BCUT2D eigenvalue weighted by Crippen LogP contribution is 2.19. The molecule has 0 spiro atoms. The molecule has 15 heavy (non-hydrogen) atoms. The molecule has 84 valence electrons. The first-order valence-corrected chi connectivity index (χ1v) is 5.25. The summed E-state index contributed by atoms with van der Waals surface area (Å²) in [5, 5.41) is 12.2. The van der Waals surface area contributed by atoms with Crippen LogP contribution in [0.1, 0.15) is 7.43 Å². The molecule has 7 nitrogen and oxygen atoms in total. The maximum Gasteiger partial charge on any atom is 0.336 e. The summed E-state index contributed by atoms with van der Waals surface area (Å²) in [4.78, 5) is 3.80. The van der Waals surface area contributed by atoms with Gasteiger partial charge < -0.3 is 10.5 Å². The van der Waals surface area contributed by atoms with Gasteiger partial charge in [0.2, 0.25) is 0 Å². The van der Waals surface area contributed by atoms with Crippen molar-refractivity contribution in [3.8, 4) is 0 Å². The van der Waals surface area contributed by atoms with Gasteiger partial charge >= 0.3 is 15.5 Å². The molecule has 2 aliphatic rings. The van der Waals surface area contributed by atoms with Crippen LogP contribution in [-0.4, -0.2) is 42.2 Å². The normalized spacial score (nSPS) is 24.1. The van der Waals surface area contributed by atoms with Gasteiger partial charge in [0, 0.05) is 6.21 Å². The van der Waals surface area contributed by atoms with Crippen LogP contribution in [0.2, 0.25) is 0 Å². The molecule has 1 unspecified atom stereocenters. The Kier molecular flexibility index (Phi) is 2.82. The van der Waals surface area contributed by atoms with Gasteiger partial charge in [0.05, 0.1) is 5.57 Å². The quantitative estimate of drug-likeness (QED) is 0.354. The highest BCUT2D eigenvalue weighted by atomic mass is 32.2. The average molecular weight is 233 g/mol. The summed E-state index contributed by atoms with van der Waals surface area (Å²) in [6.45, 7) is 0.201. The van der Waals surface area contributed by atoms with Crippen molar-refractivity contribution < 1.29 is 17.7 Å². The maximum atomic E-state index is 11.2. The Morgan fingerprint density at radius 2 is 2.33 bits per heavy atom. The largest absolute Gasteiger partial charge is 0.622 e. The van der Waals surface area contributed by atoms with E-state index in [2.05, 4.69) is 10.3 Å². The van der Waals surface area contributed by atoms with Gasteiger partial charge in [-0.05, 0) is 0 Å². The van der Waals surface area contributed by atoms with Crippen LogP contribution in [0.5, 0.6) is 0 Å². The SMILES string of the molecule is C.O=S(=O)(O)C1C2=C(C=NCN2)C=[N+]1[O-]. The molecule has 0 saturated carbocycles. The van der Waals surface area contributed by atoms with E-state index in [1.807, 2.05) is 0 Å². The second-order valence-corrected chi connectivity index (χ2v) is 4.35. The van der Waals surface area contributed by atoms with Crippen LogP contribution in [0, 0.1) is 5.21 Å². The van der Waals surface area contributed by atoms with Gasteiger partial charge in [-0.3, -0.25) is 9.55 Å². The number of nitrogens with one attached hydrogen (secondary N) is 1. The van der Waals surface area contributed by atoms with Crippen molar-refractivity contribution in [2.24, 2.45) is 4.99 Å². The molecule has 2 N–H and O–H groups in total. The van der Waals surface area contributed by atoms with Crippen LogP contribution in [0.4, 0.5) is 0 Å². The number of aliphatic imine (C=N–C) groups is 1. The summed E-state index contributed by atoms with van der Waals surface area (Å²) in [5.74, 6) is 0. The summed E-state index contributed by atoms with van der Waals surface area (Å²) in [5.41, 5.74) is 0.561. The van der Waals surface area contributed by atoms with Crippen molar-refractivity contribution in [3.63, 3.8) is 0 Å². The minimum absolute atomic E-state index is 0. The van der Waals surface area contributed by atoms with Crippen LogP contribution < -0.4 is 5.32 Å². The van der Waals surface area contributed by atoms with Crippen molar-refractivity contribution in [1.82, 2.24) is 5.32 Å². The lowest BCUT2D eigenvalue weighted by Crippen LogP contribution is -2.36. The van der Waals surface area contributed by atoms with Crippen molar-refractivity contribution in [2.75, 3.05) is 6.67 Å². The zero-order chi connectivity index (χ0) is 10.3. The molecule has 8 heteroatoms. The number of allylic oxidation sites excluding steroid dienone is 1. The maximum absolute atomic E-state index is 11.2. The van der Waals surface area contributed by atoms with Crippen LogP contribution in [0.25, 0.3) is 0 Å². The van der Waals surface area contributed by atoms with Gasteiger partial charge in [0.25, 0.3) is 0 Å². The van der Waals surface area contributed by atoms with Crippen molar-refractivity contribution in [1.29, 1.82) is 0 Å². The molecule has 1 atom stereocenters. The van der Waals surface area contributed by atoms with Crippen LogP contribution in [-0.2, 0) is 10.1 Å². The topological polar surface area (TPSA) is 105 Å². The summed E-state index contributed by atoms with van der Waals surface area (Å²) in [7, 11) is -4.42. The Hall–Kier alpha value is -1.41.